The molecule has 1 aliphatic carbocycles. The van der Waals surface area contributed by atoms with E-state index in [1.807, 2.05) is 18.2 Å². The number of nitrogens with zero attached hydrogens (tertiary/aromatic N) is 1. The minimum absolute atomic E-state index is 0.00781. The van der Waals surface area contributed by atoms with Gasteiger partial charge in [-0.15, -0.1) is 11.8 Å². The zero-order valence-electron chi connectivity index (χ0n) is 15.1. The zero-order chi connectivity index (χ0) is 19.3. The molecule has 0 saturated heterocycles. The number of rotatable bonds is 8. The van der Waals surface area contributed by atoms with Crippen molar-refractivity contribution in [3.8, 4) is 5.75 Å². The van der Waals surface area contributed by atoms with Crippen LogP contribution in [0.15, 0.2) is 48.5 Å². The Morgan fingerprint density at radius 1 is 1.26 bits per heavy atom. The first-order valence-corrected chi connectivity index (χ1v) is 9.95. The average molecular weight is 386 g/mol. The highest BCUT2D eigenvalue weighted by molar-refractivity contribution is 7.99. The van der Waals surface area contributed by atoms with Gasteiger partial charge in [0.1, 0.15) is 0 Å². The van der Waals surface area contributed by atoms with E-state index in [9.17, 15) is 14.9 Å². The maximum atomic E-state index is 12.4. The maximum Gasteiger partial charge on any atom is 0.311 e. The number of nitro groups is 1. The third-order valence-electron chi connectivity index (χ3n) is 4.85. The Kier molecular flexibility index (Phi) is 6.01. The standard InChI is InChI=1S/C20H22N2O4S/c1-26-18-9-8-15(12-17(18)22(24)25)13-27-14-19(23)21-20(10-5-11-20)16-6-3-2-4-7-16/h2-4,6-9,12H,5,10-11,13-14H2,1H3,(H,21,23). The summed E-state index contributed by atoms with van der Waals surface area (Å²) in [4.78, 5) is 23.1. The molecule has 1 amide bonds. The zero-order valence-corrected chi connectivity index (χ0v) is 16.0. The number of hydrogen-bond donors (Lipinski definition) is 1. The van der Waals surface area contributed by atoms with E-state index in [0.717, 1.165) is 30.4 Å². The SMILES string of the molecule is COc1ccc(CSCC(=O)NC2(c3ccccc3)CCC2)cc1[N+](=O)[O-]. The van der Waals surface area contributed by atoms with Gasteiger partial charge in [-0.3, -0.25) is 14.9 Å². The molecular formula is C20H22N2O4S. The largest absolute Gasteiger partial charge is 0.490 e. The predicted octanol–water partition coefficient (Wildman–Crippen LogP) is 4.03. The lowest BCUT2D eigenvalue weighted by atomic mass is 9.72. The van der Waals surface area contributed by atoms with Crippen molar-refractivity contribution >= 4 is 23.4 Å². The molecule has 0 atom stereocenters. The first-order valence-electron chi connectivity index (χ1n) is 8.80. The van der Waals surface area contributed by atoms with Crippen molar-refractivity contribution in [2.24, 2.45) is 0 Å². The van der Waals surface area contributed by atoms with Gasteiger partial charge in [-0.2, -0.15) is 0 Å². The highest BCUT2D eigenvalue weighted by Gasteiger charge is 2.39. The molecular weight excluding hydrogens is 364 g/mol. The number of hydrogen-bond acceptors (Lipinski definition) is 5. The summed E-state index contributed by atoms with van der Waals surface area (Å²) in [5.74, 6) is 1.07. The fourth-order valence-electron chi connectivity index (χ4n) is 3.31. The second-order valence-electron chi connectivity index (χ2n) is 6.61. The molecule has 0 bridgehead atoms. The summed E-state index contributed by atoms with van der Waals surface area (Å²) in [5.41, 5.74) is 1.65. The number of benzene rings is 2. The van der Waals surface area contributed by atoms with Crippen LogP contribution in [0, 0.1) is 10.1 Å². The van der Waals surface area contributed by atoms with E-state index in [2.05, 4.69) is 17.4 Å². The Balaban J connectivity index is 1.56. The molecule has 1 N–H and O–H groups in total. The molecule has 7 heteroatoms. The van der Waals surface area contributed by atoms with Crippen molar-refractivity contribution in [2.45, 2.75) is 30.6 Å². The molecule has 2 aromatic rings. The Labute approximate surface area is 162 Å². The van der Waals surface area contributed by atoms with Crippen molar-refractivity contribution in [1.29, 1.82) is 0 Å². The van der Waals surface area contributed by atoms with Crippen molar-refractivity contribution in [3.05, 3.63) is 69.8 Å². The highest BCUT2D eigenvalue weighted by Crippen LogP contribution is 2.41. The van der Waals surface area contributed by atoms with Crippen LogP contribution in [0.4, 0.5) is 5.69 Å². The molecule has 0 unspecified atom stereocenters. The number of amides is 1. The van der Waals surface area contributed by atoms with Gasteiger partial charge in [-0.1, -0.05) is 36.4 Å². The summed E-state index contributed by atoms with van der Waals surface area (Å²) in [6.07, 6.45) is 3.02. The Hall–Kier alpha value is -2.54. The molecule has 1 fully saturated rings. The normalized spacial score (nSPS) is 14.9. The smallest absolute Gasteiger partial charge is 0.311 e. The van der Waals surface area contributed by atoms with E-state index >= 15 is 0 Å². The van der Waals surface area contributed by atoms with Crippen LogP contribution in [0.1, 0.15) is 30.4 Å². The van der Waals surface area contributed by atoms with Crippen LogP contribution < -0.4 is 10.1 Å². The molecule has 0 aliphatic heterocycles. The maximum absolute atomic E-state index is 12.4. The second kappa shape index (κ2) is 8.43. The van der Waals surface area contributed by atoms with Crippen LogP contribution in [-0.4, -0.2) is 23.7 Å². The van der Waals surface area contributed by atoms with Crippen molar-refractivity contribution < 1.29 is 14.5 Å². The Bertz CT molecular complexity index is 822. The molecule has 0 radical (unpaired) electrons. The van der Waals surface area contributed by atoms with Gasteiger partial charge in [-0.05, 0) is 36.5 Å². The number of ether oxygens (including phenoxy) is 1. The molecule has 0 aromatic heterocycles. The number of nitrogens with one attached hydrogen (secondary N) is 1. The van der Waals surface area contributed by atoms with E-state index < -0.39 is 4.92 Å². The predicted molar refractivity (Wildman–Crippen MR) is 106 cm³/mol. The minimum Gasteiger partial charge on any atom is -0.490 e. The van der Waals surface area contributed by atoms with Gasteiger partial charge >= 0.3 is 5.69 Å². The second-order valence-corrected chi connectivity index (χ2v) is 7.59. The summed E-state index contributed by atoms with van der Waals surface area (Å²) >= 11 is 1.44. The molecule has 27 heavy (non-hydrogen) atoms. The lowest BCUT2D eigenvalue weighted by Crippen LogP contribution is -2.51. The van der Waals surface area contributed by atoms with Crippen LogP contribution in [0.2, 0.25) is 0 Å². The van der Waals surface area contributed by atoms with Gasteiger partial charge in [0.25, 0.3) is 0 Å². The lowest BCUT2D eigenvalue weighted by Gasteiger charge is -2.43. The van der Waals surface area contributed by atoms with Gasteiger partial charge in [0.05, 0.1) is 23.3 Å². The molecule has 1 aliphatic rings. The van der Waals surface area contributed by atoms with Gasteiger partial charge in [0.2, 0.25) is 5.91 Å². The topological polar surface area (TPSA) is 81.5 Å². The number of carbonyl (C=O) groups is 1. The Morgan fingerprint density at radius 2 is 2.00 bits per heavy atom. The monoisotopic (exact) mass is 386 g/mol. The third kappa shape index (κ3) is 4.42. The van der Waals surface area contributed by atoms with Crippen LogP contribution >= 0.6 is 11.8 Å². The van der Waals surface area contributed by atoms with Crippen LogP contribution in [0.25, 0.3) is 0 Å². The first-order chi connectivity index (χ1) is 13.0. The number of methoxy groups -OCH3 is 1. The van der Waals surface area contributed by atoms with E-state index in [0.29, 0.717) is 11.5 Å². The number of carbonyl (C=O) groups excluding carboxylic acids is 1. The molecule has 1 saturated carbocycles. The summed E-state index contributed by atoms with van der Waals surface area (Å²) in [7, 11) is 1.41. The van der Waals surface area contributed by atoms with Crippen LogP contribution in [-0.2, 0) is 16.1 Å². The molecule has 3 rings (SSSR count). The lowest BCUT2D eigenvalue weighted by molar-refractivity contribution is -0.385. The van der Waals surface area contributed by atoms with E-state index in [-0.39, 0.29) is 22.9 Å². The first kappa shape index (κ1) is 19.2. The fourth-order valence-corrected chi connectivity index (χ4v) is 4.08. The third-order valence-corrected chi connectivity index (χ3v) is 5.86. The van der Waals surface area contributed by atoms with Crippen molar-refractivity contribution in [3.63, 3.8) is 0 Å². The van der Waals surface area contributed by atoms with Gasteiger partial charge in [0, 0.05) is 11.8 Å². The highest BCUT2D eigenvalue weighted by atomic mass is 32.2. The van der Waals surface area contributed by atoms with Crippen molar-refractivity contribution in [2.75, 3.05) is 12.9 Å². The van der Waals surface area contributed by atoms with Crippen LogP contribution in [0.3, 0.4) is 0 Å². The van der Waals surface area contributed by atoms with E-state index in [1.165, 1.54) is 24.9 Å². The summed E-state index contributed by atoms with van der Waals surface area (Å²) in [6.45, 7) is 0. The van der Waals surface area contributed by atoms with Crippen LogP contribution in [0.5, 0.6) is 5.75 Å². The summed E-state index contributed by atoms with van der Waals surface area (Å²) in [6, 6.07) is 15.0. The van der Waals surface area contributed by atoms with Gasteiger partial charge in [-0.25, -0.2) is 0 Å². The fraction of sp³-hybridized carbons (Fsp3) is 0.350. The van der Waals surface area contributed by atoms with Crippen molar-refractivity contribution in [1.82, 2.24) is 5.32 Å². The van der Waals surface area contributed by atoms with Gasteiger partial charge in [0.15, 0.2) is 5.75 Å². The molecule has 0 heterocycles. The van der Waals surface area contributed by atoms with E-state index in [4.69, 9.17) is 4.74 Å². The molecule has 0 spiro atoms. The van der Waals surface area contributed by atoms with E-state index in [1.54, 1.807) is 12.1 Å². The quantitative estimate of drug-likeness (QED) is 0.547. The summed E-state index contributed by atoms with van der Waals surface area (Å²) in [5, 5.41) is 14.3. The molecule has 6 nitrogen and oxygen atoms in total. The molecule has 2 aromatic carbocycles. The Morgan fingerprint density at radius 3 is 2.59 bits per heavy atom. The molecule has 142 valence electrons. The van der Waals surface area contributed by atoms with Gasteiger partial charge < -0.3 is 10.1 Å². The number of nitro benzene ring substituents is 1. The summed E-state index contributed by atoms with van der Waals surface area (Å²) < 4.78 is 5.01. The number of thioether (sulfide) groups is 1. The average Bonchev–Trinajstić information content (AvgIpc) is 2.65. The minimum atomic E-state index is -0.458.